The maximum absolute atomic E-state index is 12.0. The van der Waals surface area contributed by atoms with Crippen molar-refractivity contribution < 1.29 is 14.3 Å². The van der Waals surface area contributed by atoms with Crippen molar-refractivity contribution in [3.63, 3.8) is 0 Å². The monoisotopic (exact) mass is 436 g/mol. The first-order chi connectivity index (χ1) is 16.2. The minimum absolute atomic E-state index is 0.0301. The summed E-state index contributed by atoms with van der Waals surface area (Å²) in [6, 6.07) is 34.4. The largest absolute Gasteiger partial charge is 0.484 e. The highest BCUT2D eigenvalue weighted by molar-refractivity contribution is 5.82. The van der Waals surface area contributed by atoms with Crippen LogP contribution in [0.2, 0.25) is 0 Å². The third kappa shape index (κ3) is 7.08. The van der Waals surface area contributed by atoms with Gasteiger partial charge in [0.2, 0.25) is 0 Å². The molecule has 0 bridgehead atoms. The van der Waals surface area contributed by atoms with Crippen molar-refractivity contribution in [3.05, 3.63) is 120 Å². The second kappa shape index (κ2) is 11.3. The van der Waals surface area contributed by atoms with Gasteiger partial charge in [-0.15, -0.1) is 0 Å². The van der Waals surface area contributed by atoms with Gasteiger partial charge < -0.3 is 14.8 Å². The Hall–Kier alpha value is -4.38. The number of benzene rings is 4. The van der Waals surface area contributed by atoms with E-state index in [9.17, 15) is 4.79 Å². The van der Waals surface area contributed by atoms with E-state index in [2.05, 4.69) is 10.3 Å². The lowest BCUT2D eigenvalue weighted by Gasteiger charge is -2.08. The molecular weight excluding hydrogens is 412 g/mol. The molecule has 0 radical (unpaired) electrons. The van der Waals surface area contributed by atoms with E-state index >= 15 is 0 Å². The third-order valence-electron chi connectivity index (χ3n) is 4.76. The lowest BCUT2D eigenvalue weighted by Crippen LogP contribution is -2.28. The Morgan fingerprint density at radius 3 is 2.03 bits per heavy atom. The Bertz CT molecular complexity index is 1170. The first-order valence-electron chi connectivity index (χ1n) is 10.7. The van der Waals surface area contributed by atoms with Gasteiger partial charge in [-0.05, 0) is 71.8 Å². The Labute approximate surface area is 193 Å². The van der Waals surface area contributed by atoms with Gasteiger partial charge in [0.15, 0.2) is 6.61 Å². The maximum Gasteiger partial charge on any atom is 0.258 e. The summed E-state index contributed by atoms with van der Waals surface area (Å²) in [4.78, 5) is 16.5. The van der Waals surface area contributed by atoms with Crippen molar-refractivity contribution in [2.45, 2.75) is 6.54 Å². The summed E-state index contributed by atoms with van der Waals surface area (Å²) >= 11 is 0. The average Bonchev–Trinajstić information content (AvgIpc) is 2.88. The first kappa shape index (κ1) is 21.8. The van der Waals surface area contributed by atoms with Crippen LogP contribution in [0.15, 0.2) is 114 Å². The van der Waals surface area contributed by atoms with E-state index < -0.39 is 0 Å². The number of hydrogen-bond donors (Lipinski definition) is 1. The fourth-order valence-electron chi connectivity index (χ4n) is 3.02. The molecule has 0 heterocycles. The second-order valence-electron chi connectivity index (χ2n) is 7.29. The van der Waals surface area contributed by atoms with Crippen molar-refractivity contribution >= 4 is 17.8 Å². The molecule has 1 N–H and O–H groups in total. The number of hydrogen-bond acceptors (Lipinski definition) is 4. The zero-order valence-electron chi connectivity index (χ0n) is 18.1. The van der Waals surface area contributed by atoms with Gasteiger partial charge in [-0.2, -0.15) is 0 Å². The topological polar surface area (TPSA) is 59.9 Å². The number of amides is 1. The number of aliphatic imine (C=N–C) groups is 1. The standard InChI is InChI=1S/C28H24N2O3/c31-28(30-20-22-7-3-1-4-8-22)21-32-25-15-11-23(12-16-25)19-29-24-13-17-27(18-14-24)33-26-9-5-2-6-10-26/h1-19H,20-21H2,(H,30,31). The molecule has 4 aromatic carbocycles. The summed E-state index contributed by atoms with van der Waals surface area (Å²) < 4.78 is 11.4. The van der Waals surface area contributed by atoms with Gasteiger partial charge in [-0.25, -0.2) is 0 Å². The number of rotatable bonds is 9. The van der Waals surface area contributed by atoms with E-state index in [1.165, 1.54) is 0 Å². The van der Waals surface area contributed by atoms with Crippen molar-refractivity contribution in [3.8, 4) is 17.2 Å². The Kier molecular flexibility index (Phi) is 7.48. The molecule has 4 rings (SSSR count). The molecule has 33 heavy (non-hydrogen) atoms. The Balaban J connectivity index is 1.23. The van der Waals surface area contributed by atoms with Gasteiger partial charge in [0, 0.05) is 12.8 Å². The van der Waals surface area contributed by atoms with E-state index in [-0.39, 0.29) is 12.5 Å². The molecule has 0 atom stereocenters. The lowest BCUT2D eigenvalue weighted by molar-refractivity contribution is -0.123. The quantitative estimate of drug-likeness (QED) is 0.331. The van der Waals surface area contributed by atoms with Crippen LogP contribution in [0.3, 0.4) is 0 Å². The van der Waals surface area contributed by atoms with Crippen molar-refractivity contribution in [2.24, 2.45) is 4.99 Å². The van der Waals surface area contributed by atoms with E-state index in [1.54, 1.807) is 6.21 Å². The molecule has 0 saturated carbocycles. The lowest BCUT2D eigenvalue weighted by atomic mass is 10.2. The molecule has 0 aliphatic heterocycles. The third-order valence-corrected chi connectivity index (χ3v) is 4.76. The van der Waals surface area contributed by atoms with Gasteiger partial charge in [0.25, 0.3) is 5.91 Å². The maximum atomic E-state index is 12.0. The predicted octanol–water partition coefficient (Wildman–Crippen LogP) is 5.92. The molecule has 0 aliphatic carbocycles. The van der Waals surface area contributed by atoms with Gasteiger partial charge in [-0.1, -0.05) is 48.5 Å². The number of ether oxygens (including phenoxy) is 2. The first-order valence-corrected chi connectivity index (χ1v) is 10.7. The molecule has 4 aromatic rings. The molecule has 0 saturated heterocycles. The molecule has 0 aromatic heterocycles. The molecular formula is C28H24N2O3. The van der Waals surface area contributed by atoms with Crippen LogP contribution in [-0.2, 0) is 11.3 Å². The molecule has 0 aliphatic rings. The number of carbonyl (C=O) groups excluding carboxylic acids is 1. The van der Waals surface area contributed by atoms with Crippen LogP contribution < -0.4 is 14.8 Å². The highest BCUT2D eigenvalue weighted by Gasteiger charge is 2.03. The minimum atomic E-state index is -0.163. The highest BCUT2D eigenvalue weighted by atomic mass is 16.5. The summed E-state index contributed by atoms with van der Waals surface area (Å²) in [5.74, 6) is 2.02. The van der Waals surface area contributed by atoms with Crippen molar-refractivity contribution in [2.75, 3.05) is 6.61 Å². The van der Waals surface area contributed by atoms with E-state index in [0.29, 0.717) is 12.3 Å². The molecule has 164 valence electrons. The summed E-state index contributed by atoms with van der Waals surface area (Å²) in [5.41, 5.74) is 2.80. The van der Waals surface area contributed by atoms with Crippen molar-refractivity contribution in [1.29, 1.82) is 0 Å². The Morgan fingerprint density at radius 2 is 1.33 bits per heavy atom. The summed E-state index contributed by atoms with van der Waals surface area (Å²) in [6.45, 7) is 0.454. The van der Waals surface area contributed by atoms with Crippen LogP contribution in [-0.4, -0.2) is 18.7 Å². The summed E-state index contributed by atoms with van der Waals surface area (Å²) in [6.07, 6.45) is 1.78. The zero-order chi connectivity index (χ0) is 22.7. The number of nitrogens with zero attached hydrogens (tertiary/aromatic N) is 1. The van der Waals surface area contributed by atoms with Crippen LogP contribution in [0.4, 0.5) is 5.69 Å². The number of nitrogens with one attached hydrogen (secondary N) is 1. The van der Waals surface area contributed by atoms with Gasteiger partial charge >= 0.3 is 0 Å². The molecule has 0 fully saturated rings. The fraction of sp³-hybridized carbons (Fsp3) is 0.0714. The van der Waals surface area contributed by atoms with Crippen LogP contribution in [0.5, 0.6) is 17.2 Å². The number of carbonyl (C=O) groups is 1. The number of para-hydroxylation sites is 1. The van der Waals surface area contributed by atoms with Gasteiger partial charge in [0.05, 0.1) is 5.69 Å². The van der Waals surface area contributed by atoms with E-state index in [4.69, 9.17) is 9.47 Å². The predicted molar refractivity (Wildman–Crippen MR) is 130 cm³/mol. The van der Waals surface area contributed by atoms with Gasteiger partial charge in [0.1, 0.15) is 17.2 Å². The highest BCUT2D eigenvalue weighted by Crippen LogP contribution is 2.23. The molecule has 0 spiro atoms. The Morgan fingerprint density at radius 1 is 0.727 bits per heavy atom. The van der Waals surface area contributed by atoms with Crippen LogP contribution in [0, 0.1) is 0 Å². The fourth-order valence-corrected chi connectivity index (χ4v) is 3.02. The molecule has 0 unspecified atom stereocenters. The van der Waals surface area contributed by atoms with Crippen molar-refractivity contribution in [1.82, 2.24) is 5.32 Å². The van der Waals surface area contributed by atoms with Crippen LogP contribution in [0.25, 0.3) is 0 Å². The minimum Gasteiger partial charge on any atom is -0.484 e. The second-order valence-corrected chi connectivity index (χ2v) is 7.29. The smallest absolute Gasteiger partial charge is 0.258 e. The van der Waals surface area contributed by atoms with E-state index in [0.717, 1.165) is 28.3 Å². The molecule has 5 nitrogen and oxygen atoms in total. The molecule has 1 amide bonds. The average molecular weight is 437 g/mol. The zero-order valence-corrected chi connectivity index (χ0v) is 18.1. The SMILES string of the molecule is O=C(COc1ccc(C=Nc2ccc(Oc3ccccc3)cc2)cc1)NCc1ccccc1. The van der Waals surface area contributed by atoms with Crippen LogP contribution in [0.1, 0.15) is 11.1 Å². The van der Waals surface area contributed by atoms with Gasteiger partial charge in [-0.3, -0.25) is 9.79 Å². The molecule has 5 heteroatoms. The normalized spacial score (nSPS) is 10.7. The van der Waals surface area contributed by atoms with Crippen LogP contribution >= 0.6 is 0 Å². The summed E-state index contributed by atoms with van der Waals surface area (Å²) in [5, 5.41) is 2.84. The summed E-state index contributed by atoms with van der Waals surface area (Å²) in [7, 11) is 0. The van der Waals surface area contributed by atoms with E-state index in [1.807, 2.05) is 109 Å².